The quantitative estimate of drug-likeness (QED) is 0.775. The molecule has 1 unspecified atom stereocenters. The summed E-state index contributed by atoms with van der Waals surface area (Å²) in [6.07, 6.45) is 3.40. The lowest BCUT2D eigenvalue weighted by molar-refractivity contribution is -0.137. The lowest BCUT2D eigenvalue weighted by atomic mass is 10.1. The van der Waals surface area contributed by atoms with Crippen LogP contribution in [0.15, 0.2) is 6.33 Å². The summed E-state index contributed by atoms with van der Waals surface area (Å²) < 4.78 is 6.45. The van der Waals surface area contributed by atoms with E-state index in [1.54, 1.807) is 0 Å². The van der Waals surface area contributed by atoms with Gasteiger partial charge in [-0.05, 0) is 19.3 Å². The van der Waals surface area contributed by atoms with E-state index in [9.17, 15) is 9.59 Å². The lowest BCUT2D eigenvalue weighted by Crippen LogP contribution is -2.33. The number of carbonyl (C=O) groups is 2. The Bertz CT molecular complexity index is 439. The van der Waals surface area contributed by atoms with Crippen LogP contribution in [0.1, 0.15) is 19.3 Å². The Morgan fingerprint density at radius 3 is 3.06 bits per heavy atom. The normalized spacial score (nSPS) is 19.4. The molecule has 8 nitrogen and oxygen atoms in total. The Balaban J connectivity index is 1.90. The van der Waals surface area contributed by atoms with Gasteiger partial charge in [-0.3, -0.25) is 14.9 Å². The Morgan fingerprint density at radius 2 is 2.39 bits per heavy atom. The lowest BCUT2D eigenvalue weighted by Gasteiger charge is -2.20. The molecule has 18 heavy (non-hydrogen) atoms. The first kappa shape index (κ1) is 12.5. The molecule has 2 heterocycles. The minimum Gasteiger partial charge on any atom is -0.480 e. The van der Waals surface area contributed by atoms with Gasteiger partial charge < -0.3 is 9.84 Å². The SMILES string of the molecule is O=C(O)Cn1cnc(NC(=O)C2CCCCO2)n1. The number of aromatic nitrogens is 3. The van der Waals surface area contributed by atoms with Crippen molar-refractivity contribution >= 4 is 17.8 Å². The monoisotopic (exact) mass is 254 g/mol. The highest BCUT2D eigenvalue weighted by atomic mass is 16.5. The van der Waals surface area contributed by atoms with Gasteiger partial charge in [0.25, 0.3) is 5.91 Å². The zero-order valence-corrected chi connectivity index (χ0v) is 9.70. The highest BCUT2D eigenvalue weighted by Crippen LogP contribution is 2.13. The van der Waals surface area contributed by atoms with Crippen LogP contribution in [0.3, 0.4) is 0 Å². The number of aliphatic carboxylic acids is 1. The van der Waals surface area contributed by atoms with Crippen LogP contribution >= 0.6 is 0 Å². The molecule has 1 aromatic heterocycles. The number of ether oxygens (including phenoxy) is 1. The van der Waals surface area contributed by atoms with Gasteiger partial charge in [0, 0.05) is 6.61 Å². The molecule has 1 amide bonds. The first-order valence-electron chi connectivity index (χ1n) is 5.69. The zero-order chi connectivity index (χ0) is 13.0. The molecule has 1 fully saturated rings. The number of hydrogen-bond donors (Lipinski definition) is 2. The molecule has 1 aromatic rings. The number of carboxylic acids is 1. The molecule has 0 radical (unpaired) electrons. The van der Waals surface area contributed by atoms with Gasteiger partial charge in [-0.2, -0.15) is 0 Å². The van der Waals surface area contributed by atoms with Gasteiger partial charge >= 0.3 is 5.97 Å². The van der Waals surface area contributed by atoms with Gasteiger partial charge in [0.1, 0.15) is 19.0 Å². The topological polar surface area (TPSA) is 106 Å². The summed E-state index contributed by atoms with van der Waals surface area (Å²) in [5.41, 5.74) is 0. The van der Waals surface area contributed by atoms with Gasteiger partial charge in [0.15, 0.2) is 0 Å². The third-order valence-corrected chi connectivity index (χ3v) is 2.54. The van der Waals surface area contributed by atoms with Gasteiger partial charge in [0.2, 0.25) is 5.95 Å². The highest BCUT2D eigenvalue weighted by molar-refractivity contribution is 5.92. The number of amides is 1. The van der Waals surface area contributed by atoms with Crippen molar-refractivity contribution in [1.82, 2.24) is 14.8 Å². The number of carbonyl (C=O) groups excluding carboxylic acids is 1. The maximum atomic E-state index is 11.8. The van der Waals surface area contributed by atoms with Crippen molar-refractivity contribution in [3.8, 4) is 0 Å². The van der Waals surface area contributed by atoms with E-state index < -0.39 is 12.1 Å². The smallest absolute Gasteiger partial charge is 0.325 e. The van der Waals surface area contributed by atoms with Crippen LogP contribution in [0.5, 0.6) is 0 Å². The molecule has 0 bridgehead atoms. The van der Waals surface area contributed by atoms with E-state index in [0.717, 1.165) is 17.5 Å². The van der Waals surface area contributed by atoms with Crippen molar-refractivity contribution in [3.05, 3.63) is 6.33 Å². The number of carboxylic acid groups (broad SMARTS) is 1. The molecule has 1 aliphatic rings. The van der Waals surface area contributed by atoms with Crippen molar-refractivity contribution in [2.24, 2.45) is 0 Å². The molecule has 1 aliphatic heterocycles. The molecule has 98 valence electrons. The summed E-state index contributed by atoms with van der Waals surface area (Å²) >= 11 is 0. The third kappa shape index (κ3) is 3.27. The number of rotatable bonds is 4. The Kier molecular flexibility index (Phi) is 3.88. The van der Waals surface area contributed by atoms with Crippen LogP contribution in [-0.2, 0) is 20.9 Å². The second-order valence-corrected chi connectivity index (χ2v) is 4.00. The second-order valence-electron chi connectivity index (χ2n) is 4.00. The number of anilines is 1. The van der Waals surface area contributed by atoms with Crippen LogP contribution < -0.4 is 5.32 Å². The van der Waals surface area contributed by atoms with Crippen LogP contribution in [-0.4, -0.2) is 44.5 Å². The minimum absolute atomic E-state index is 0.0930. The molecule has 0 aliphatic carbocycles. The van der Waals surface area contributed by atoms with E-state index in [2.05, 4.69) is 15.4 Å². The molecule has 0 saturated carbocycles. The van der Waals surface area contributed by atoms with Gasteiger partial charge in [-0.25, -0.2) is 9.67 Å². The maximum Gasteiger partial charge on any atom is 0.325 e. The first-order chi connectivity index (χ1) is 8.65. The summed E-state index contributed by atoms with van der Waals surface area (Å²) in [4.78, 5) is 26.0. The second kappa shape index (κ2) is 5.58. The number of nitrogens with one attached hydrogen (secondary N) is 1. The molecule has 8 heteroatoms. The highest BCUT2D eigenvalue weighted by Gasteiger charge is 2.22. The summed E-state index contributed by atoms with van der Waals surface area (Å²) in [5, 5.41) is 14.9. The average Bonchev–Trinajstić information content (AvgIpc) is 2.76. The first-order valence-corrected chi connectivity index (χ1v) is 5.69. The fraction of sp³-hybridized carbons (Fsp3) is 0.600. The van der Waals surface area contributed by atoms with E-state index in [4.69, 9.17) is 9.84 Å². The van der Waals surface area contributed by atoms with Crippen molar-refractivity contribution < 1.29 is 19.4 Å². The van der Waals surface area contributed by atoms with E-state index >= 15 is 0 Å². The molecule has 1 saturated heterocycles. The third-order valence-electron chi connectivity index (χ3n) is 2.54. The summed E-state index contributed by atoms with van der Waals surface area (Å²) in [6.45, 7) is 0.293. The Labute approximate surface area is 103 Å². The standard InChI is InChI=1S/C10H14N4O4/c15-8(16)5-14-6-11-10(13-14)12-9(17)7-3-1-2-4-18-7/h6-7H,1-5H2,(H,15,16)(H,12,13,17). The minimum atomic E-state index is -1.02. The number of nitrogens with zero attached hydrogens (tertiary/aromatic N) is 3. The molecule has 1 atom stereocenters. The average molecular weight is 254 g/mol. The number of hydrogen-bond acceptors (Lipinski definition) is 5. The fourth-order valence-corrected chi connectivity index (χ4v) is 1.70. The van der Waals surface area contributed by atoms with E-state index in [1.165, 1.54) is 6.33 Å². The largest absolute Gasteiger partial charge is 0.480 e. The van der Waals surface area contributed by atoms with Crippen LogP contribution in [0.2, 0.25) is 0 Å². The van der Waals surface area contributed by atoms with E-state index in [0.29, 0.717) is 13.0 Å². The zero-order valence-electron chi connectivity index (χ0n) is 9.70. The van der Waals surface area contributed by atoms with Crippen molar-refractivity contribution in [2.45, 2.75) is 31.9 Å². The molecule has 2 rings (SSSR count). The summed E-state index contributed by atoms with van der Waals surface area (Å²) in [7, 11) is 0. The Morgan fingerprint density at radius 1 is 1.56 bits per heavy atom. The fourth-order valence-electron chi connectivity index (χ4n) is 1.70. The van der Waals surface area contributed by atoms with Crippen molar-refractivity contribution in [2.75, 3.05) is 11.9 Å². The molecule has 0 aromatic carbocycles. The Hall–Kier alpha value is -1.96. The van der Waals surface area contributed by atoms with Crippen molar-refractivity contribution in [3.63, 3.8) is 0 Å². The van der Waals surface area contributed by atoms with Gasteiger partial charge in [0.05, 0.1) is 0 Å². The van der Waals surface area contributed by atoms with Crippen LogP contribution in [0.4, 0.5) is 5.95 Å². The van der Waals surface area contributed by atoms with E-state index in [1.807, 2.05) is 0 Å². The summed E-state index contributed by atoms with van der Waals surface area (Å²) in [6, 6.07) is 0. The predicted octanol–water partition coefficient (Wildman–Crippen LogP) is -0.130. The van der Waals surface area contributed by atoms with Gasteiger partial charge in [-0.15, -0.1) is 5.10 Å². The van der Waals surface area contributed by atoms with Crippen molar-refractivity contribution in [1.29, 1.82) is 0 Å². The summed E-state index contributed by atoms with van der Waals surface area (Å²) in [5.74, 6) is -1.22. The van der Waals surface area contributed by atoms with Gasteiger partial charge in [-0.1, -0.05) is 0 Å². The van der Waals surface area contributed by atoms with E-state index in [-0.39, 0.29) is 18.4 Å². The molecule has 2 N–H and O–H groups in total. The van der Waals surface area contributed by atoms with Crippen LogP contribution in [0.25, 0.3) is 0 Å². The molecular formula is C10H14N4O4. The maximum absolute atomic E-state index is 11.8. The molecule has 0 spiro atoms. The molecular weight excluding hydrogens is 240 g/mol. The predicted molar refractivity (Wildman–Crippen MR) is 59.9 cm³/mol. The van der Waals surface area contributed by atoms with Crippen LogP contribution in [0, 0.1) is 0 Å².